The zero-order chi connectivity index (χ0) is 14.3. The monoisotopic (exact) mass is 435 g/mol. The van der Waals surface area contributed by atoms with Gasteiger partial charge in [-0.2, -0.15) is 0 Å². The summed E-state index contributed by atoms with van der Waals surface area (Å²) in [5.74, 6) is -3.33. The first-order chi connectivity index (χ1) is 6.93. The molecule has 0 amide bonds. The fraction of sp³-hybridized carbons (Fsp3) is 0.500. The van der Waals surface area contributed by atoms with Gasteiger partial charge in [0.1, 0.15) is 0 Å². The molecular weight excluding hydrogens is 419 g/mol. The van der Waals surface area contributed by atoms with Gasteiger partial charge in [0.2, 0.25) is 0 Å². The van der Waals surface area contributed by atoms with Crippen molar-refractivity contribution in [3.63, 3.8) is 0 Å². The van der Waals surface area contributed by atoms with Crippen molar-refractivity contribution < 1.29 is 60.7 Å². The van der Waals surface area contributed by atoms with Gasteiger partial charge < -0.3 is 20.4 Å². The Labute approximate surface area is 113 Å². The van der Waals surface area contributed by atoms with E-state index in [2.05, 4.69) is 0 Å². The summed E-state index contributed by atoms with van der Waals surface area (Å²) in [6.45, 7) is 4.33. The van der Waals surface area contributed by atoms with Crippen LogP contribution in [0.5, 0.6) is 0 Å². The number of aliphatic carboxylic acids is 4. The van der Waals surface area contributed by atoms with Crippen molar-refractivity contribution in [2.24, 2.45) is 0 Å². The Hall–Kier alpha value is -1.43. The van der Waals surface area contributed by atoms with Crippen LogP contribution >= 0.6 is 0 Å². The Bertz CT molecular complexity index is 162. The average molecular weight is 435 g/mol. The minimum atomic E-state index is -0.833. The van der Waals surface area contributed by atoms with Crippen LogP contribution in [-0.2, 0) is 40.2 Å². The Morgan fingerprint density at radius 2 is 0.529 bits per heavy atom. The number of carboxylic acids is 4. The quantitative estimate of drug-likeness (QED) is 0.426. The molecule has 0 radical (unpaired) electrons. The summed E-state index contributed by atoms with van der Waals surface area (Å²) in [5, 5.41) is 29.7. The van der Waals surface area contributed by atoms with Crippen LogP contribution in [0.2, 0.25) is 0 Å². The molecule has 9 heteroatoms. The first-order valence-corrected chi connectivity index (χ1v) is 3.71. The maximum atomic E-state index is 9.00. The summed E-state index contributed by atoms with van der Waals surface area (Å²) in [6.07, 6.45) is 0. The zero-order valence-corrected chi connectivity index (χ0v) is 12.0. The molecule has 0 aliphatic heterocycles. The summed E-state index contributed by atoms with van der Waals surface area (Å²) >= 11 is 0. The molecule has 0 aliphatic carbocycles. The van der Waals surface area contributed by atoms with E-state index < -0.39 is 23.9 Å². The first-order valence-electron chi connectivity index (χ1n) is 3.71. The van der Waals surface area contributed by atoms with Crippen LogP contribution in [-0.4, -0.2) is 44.3 Å². The fourth-order valence-corrected chi connectivity index (χ4v) is 0. The number of carbonyl (C=O) groups is 4. The van der Waals surface area contributed by atoms with E-state index in [0.717, 1.165) is 27.7 Å². The molecule has 0 saturated heterocycles. The minimum Gasteiger partial charge on any atom is -0.481 e. The molecule has 0 aliphatic rings. The third-order valence-corrected chi connectivity index (χ3v) is 0. The molecule has 0 saturated carbocycles. The standard InChI is InChI=1S/4C2H4O2.Pt/c4*1-2(3)4;/h4*1H3,(H,3,4);. The van der Waals surface area contributed by atoms with Gasteiger partial charge >= 0.3 is 0 Å². The third kappa shape index (κ3) is 1120. The molecule has 0 atom stereocenters. The normalized spacial score (nSPS) is 5.88. The Kier molecular flexibility index (Phi) is 41.8. The largest absolute Gasteiger partial charge is 0.481 e. The van der Waals surface area contributed by atoms with E-state index in [1.54, 1.807) is 0 Å². The van der Waals surface area contributed by atoms with Crippen LogP contribution in [0.15, 0.2) is 0 Å². The summed E-state index contributed by atoms with van der Waals surface area (Å²) in [6, 6.07) is 0. The van der Waals surface area contributed by atoms with Crippen molar-refractivity contribution >= 4 is 23.9 Å². The number of carboxylic acid groups (broad SMARTS) is 4. The fourth-order valence-electron chi connectivity index (χ4n) is 0. The second-order valence-electron chi connectivity index (χ2n) is 2.08. The molecular formula is C8H16O8Pt. The van der Waals surface area contributed by atoms with E-state index in [0.29, 0.717) is 0 Å². The smallest absolute Gasteiger partial charge is 0.300 e. The molecule has 0 fully saturated rings. The summed E-state index contributed by atoms with van der Waals surface area (Å²) in [4.78, 5) is 36.0. The average Bonchev–Trinajstić information content (AvgIpc) is 1.76. The molecule has 17 heavy (non-hydrogen) atoms. The van der Waals surface area contributed by atoms with Crippen LogP contribution < -0.4 is 0 Å². The van der Waals surface area contributed by atoms with Crippen molar-refractivity contribution in [3.05, 3.63) is 0 Å². The molecule has 0 spiro atoms. The number of hydrogen-bond acceptors (Lipinski definition) is 4. The van der Waals surface area contributed by atoms with Crippen LogP contribution in [0.3, 0.4) is 0 Å². The van der Waals surface area contributed by atoms with Crippen molar-refractivity contribution in [1.29, 1.82) is 0 Å². The summed E-state index contributed by atoms with van der Waals surface area (Å²) < 4.78 is 0. The van der Waals surface area contributed by atoms with E-state index in [1.165, 1.54) is 0 Å². The van der Waals surface area contributed by atoms with E-state index in [4.69, 9.17) is 39.6 Å². The predicted molar refractivity (Wildman–Crippen MR) is 53.2 cm³/mol. The van der Waals surface area contributed by atoms with E-state index in [1.807, 2.05) is 0 Å². The second kappa shape index (κ2) is 24.0. The van der Waals surface area contributed by atoms with E-state index in [9.17, 15) is 0 Å². The SMILES string of the molecule is CC(=O)O.CC(=O)O.CC(=O)O.CC(=O)O.[Pt]. The Morgan fingerprint density at radius 1 is 0.529 bits per heavy atom. The zero-order valence-electron chi connectivity index (χ0n) is 9.74. The Morgan fingerprint density at radius 3 is 0.529 bits per heavy atom. The number of rotatable bonds is 0. The van der Waals surface area contributed by atoms with Gasteiger partial charge in [0.05, 0.1) is 0 Å². The molecule has 0 heterocycles. The molecule has 8 nitrogen and oxygen atoms in total. The van der Waals surface area contributed by atoms with Crippen LogP contribution in [0, 0.1) is 0 Å². The molecule has 0 rings (SSSR count). The van der Waals surface area contributed by atoms with Gasteiger partial charge in [0, 0.05) is 48.8 Å². The van der Waals surface area contributed by atoms with Gasteiger partial charge in [-0.1, -0.05) is 0 Å². The van der Waals surface area contributed by atoms with E-state index in [-0.39, 0.29) is 21.1 Å². The topological polar surface area (TPSA) is 149 Å². The van der Waals surface area contributed by atoms with Crippen molar-refractivity contribution in [2.75, 3.05) is 0 Å². The van der Waals surface area contributed by atoms with Gasteiger partial charge in [-0.05, 0) is 0 Å². The van der Waals surface area contributed by atoms with Crippen molar-refractivity contribution in [1.82, 2.24) is 0 Å². The first kappa shape index (κ1) is 29.6. The maximum Gasteiger partial charge on any atom is 0.300 e. The van der Waals surface area contributed by atoms with Gasteiger partial charge in [0.15, 0.2) is 0 Å². The second-order valence-corrected chi connectivity index (χ2v) is 2.08. The Balaban J connectivity index is -0.0000000369. The molecule has 4 N–H and O–H groups in total. The molecule has 0 aromatic heterocycles. The molecule has 0 bridgehead atoms. The van der Waals surface area contributed by atoms with Crippen molar-refractivity contribution in [3.8, 4) is 0 Å². The predicted octanol–water partition coefficient (Wildman–Crippen LogP) is 0.361. The van der Waals surface area contributed by atoms with Gasteiger partial charge in [-0.3, -0.25) is 19.2 Å². The van der Waals surface area contributed by atoms with Crippen molar-refractivity contribution in [2.45, 2.75) is 27.7 Å². The van der Waals surface area contributed by atoms with Crippen LogP contribution in [0.1, 0.15) is 27.7 Å². The van der Waals surface area contributed by atoms with Gasteiger partial charge in [-0.25, -0.2) is 0 Å². The molecule has 0 aromatic rings. The van der Waals surface area contributed by atoms with Crippen LogP contribution in [0.25, 0.3) is 0 Å². The minimum absolute atomic E-state index is 0. The molecule has 0 unspecified atom stereocenters. The molecule has 106 valence electrons. The molecule has 0 aromatic carbocycles. The van der Waals surface area contributed by atoms with Gasteiger partial charge in [0.25, 0.3) is 23.9 Å². The van der Waals surface area contributed by atoms with Gasteiger partial charge in [-0.15, -0.1) is 0 Å². The maximum absolute atomic E-state index is 9.00. The van der Waals surface area contributed by atoms with E-state index >= 15 is 0 Å². The summed E-state index contributed by atoms with van der Waals surface area (Å²) in [5.41, 5.74) is 0. The number of hydrogen-bond donors (Lipinski definition) is 4. The third-order valence-electron chi connectivity index (χ3n) is 0. The summed E-state index contributed by atoms with van der Waals surface area (Å²) in [7, 11) is 0. The van der Waals surface area contributed by atoms with Crippen LogP contribution in [0.4, 0.5) is 0 Å².